The molecule has 4 aromatic rings. The Bertz CT molecular complexity index is 1120. The highest BCUT2D eigenvalue weighted by Crippen LogP contribution is 2.37. The SMILES string of the molecule is Cc1ccc(-c2csc3ncnc(SCC(=O)Nc4ccc(Cl)cc4)c23)cc1. The van der Waals surface area contributed by atoms with Crippen LogP contribution in [0.25, 0.3) is 21.3 Å². The Morgan fingerprint density at radius 3 is 2.61 bits per heavy atom. The molecular formula is C21H16ClN3OS2. The van der Waals surface area contributed by atoms with Gasteiger partial charge in [0, 0.05) is 21.7 Å². The zero-order valence-corrected chi connectivity index (χ0v) is 17.4. The van der Waals surface area contributed by atoms with Crippen molar-refractivity contribution in [2.45, 2.75) is 11.9 Å². The Hall–Kier alpha value is -2.41. The van der Waals surface area contributed by atoms with Crippen LogP contribution in [0.1, 0.15) is 5.56 Å². The van der Waals surface area contributed by atoms with Crippen molar-refractivity contribution in [3.05, 3.63) is 70.8 Å². The van der Waals surface area contributed by atoms with E-state index in [0.717, 1.165) is 32.1 Å². The first-order chi connectivity index (χ1) is 13.6. The number of nitrogens with one attached hydrogen (secondary N) is 1. The van der Waals surface area contributed by atoms with E-state index in [2.05, 4.69) is 51.9 Å². The summed E-state index contributed by atoms with van der Waals surface area (Å²) >= 11 is 8.88. The van der Waals surface area contributed by atoms with Crippen molar-refractivity contribution in [2.24, 2.45) is 0 Å². The van der Waals surface area contributed by atoms with Crippen LogP contribution in [-0.2, 0) is 4.79 Å². The van der Waals surface area contributed by atoms with Crippen molar-refractivity contribution in [3.63, 3.8) is 0 Å². The average molecular weight is 426 g/mol. The number of halogens is 1. The Morgan fingerprint density at radius 1 is 1.11 bits per heavy atom. The van der Waals surface area contributed by atoms with E-state index >= 15 is 0 Å². The predicted molar refractivity (Wildman–Crippen MR) is 118 cm³/mol. The molecule has 0 unspecified atom stereocenters. The molecule has 0 saturated carbocycles. The number of anilines is 1. The van der Waals surface area contributed by atoms with Gasteiger partial charge in [-0.05, 0) is 36.8 Å². The standard InChI is InChI=1S/C21H16ClN3OS2/c1-13-2-4-14(5-3-13)17-10-27-20-19(17)21(24-12-23-20)28-11-18(26)25-16-8-6-15(22)7-9-16/h2-10,12H,11H2,1H3,(H,25,26). The fourth-order valence-corrected chi connectivity index (χ4v) is 4.69. The van der Waals surface area contributed by atoms with E-state index < -0.39 is 0 Å². The number of rotatable bonds is 5. The van der Waals surface area contributed by atoms with Crippen molar-refractivity contribution in [1.82, 2.24) is 9.97 Å². The molecule has 0 atom stereocenters. The van der Waals surface area contributed by atoms with E-state index in [1.165, 1.54) is 17.3 Å². The van der Waals surface area contributed by atoms with E-state index in [1.807, 2.05) is 0 Å². The Labute approximate surface area is 176 Å². The smallest absolute Gasteiger partial charge is 0.234 e. The topological polar surface area (TPSA) is 54.9 Å². The largest absolute Gasteiger partial charge is 0.325 e. The number of carbonyl (C=O) groups excluding carboxylic acids is 1. The number of fused-ring (bicyclic) bond motifs is 1. The number of amides is 1. The average Bonchev–Trinajstić information content (AvgIpc) is 3.13. The molecule has 0 saturated heterocycles. The summed E-state index contributed by atoms with van der Waals surface area (Å²) in [5.41, 5.74) is 4.16. The fourth-order valence-electron chi connectivity index (χ4n) is 2.77. The summed E-state index contributed by atoms with van der Waals surface area (Å²) < 4.78 is 0. The van der Waals surface area contributed by atoms with Crippen LogP contribution >= 0.6 is 34.7 Å². The first-order valence-corrected chi connectivity index (χ1v) is 10.8. The normalized spacial score (nSPS) is 10.9. The lowest BCUT2D eigenvalue weighted by Crippen LogP contribution is -2.14. The second-order valence-corrected chi connectivity index (χ2v) is 8.48. The summed E-state index contributed by atoms with van der Waals surface area (Å²) in [4.78, 5) is 22.1. The minimum absolute atomic E-state index is 0.0915. The second-order valence-electron chi connectivity index (χ2n) is 6.22. The minimum atomic E-state index is -0.0915. The Morgan fingerprint density at radius 2 is 1.86 bits per heavy atom. The number of nitrogens with zero attached hydrogens (tertiary/aromatic N) is 2. The lowest BCUT2D eigenvalue weighted by molar-refractivity contribution is -0.113. The molecule has 0 aliphatic heterocycles. The van der Waals surface area contributed by atoms with Crippen LogP contribution in [0.15, 0.2) is 65.3 Å². The van der Waals surface area contributed by atoms with Gasteiger partial charge >= 0.3 is 0 Å². The first kappa shape index (κ1) is 18.9. The highest BCUT2D eigenvalue weighted by Gasteiger charge is 2.15. The van der Waals surface area contributed by atoms with E-state index in [0.29, 0.717) is 5.02 Å². The third kappa shape index (κ3) is 4.19. The monoisotopic (exact) mass is 425 g/mol. The van der Waals surface area contributed by atoms with Crippen molar-refractivity contribution >= 4 is 56.5 Å². The molecule has 0 spiro atoms. The van der Waals surface area contributed by atoms with Gasteiger partial charge in [0.05, 0.1) is 11.1 Å². The number of aryl methyl sites for hydroxylation is 1. The molecule has 0 fully saturated rings. The molecule has 0 bridgehead atoms. The molecule has 0 radical (unpaired) electrons. The molecule has 4 rings (SSSR count). The summed E-state index contributed by atoms with van der Waals surface area (Å²) in [6.07, 6.45) is 1.55. The third-order valence-corrected chi connectivity index (χ3v) is 6.29. The highest BCUT2D eigenvalue weighted by molar-refractivity contribution is 8.00. The zero-order valence-electron chi connectivity index (χ0n) is 15.0. The van der Waals surface area contributed by atoms with E-state index in [4.69, 9.17) is 11.6 Å². The number of hydrogen-bond acceptors (Lipinski definition) is 5. The minimum Gasteiger partial charge on any atom is -0.325 e. The van der Waals surface area contributed by atoms with Gasteiger partial charge in [-0.25, -0.2) is 9.97 Å². The second kappa shape index (κ2) is 8.31. The molecule has 2 heterocycles. The van der Waals surface area contributed by atoms with Gasteiger partial charge in [-0.3, -0.25) is 4.79 Å². The first-order valence-electron chi connectivity index (χ1n) is 8.57. The summed E-state index contributed by atoms with van der Waals surface area (Å²) in [5, 5.41) is 7.42. The van der Waals surface area contributed by atoms with Crippen LogP contribution in [0.4, 0.5) is 5.69 Å². The van der Waals surface area contributed by atoms with Gasteiger partial charge in [-0.2, -0.15) is 0 Å². The van der Waals surface area contributed by atoms with Gasteiger partial charge in [0.2, 0.25) is 5.91 Å². The van der Waals surface area contributed by atoms with Crippen LogP contribution in [-0.4, -0.2) is 21.6 Å². The predicted octanol–water partition coefficient (Wildman–Crippen LogP) is 6.05. The number of thioether (sulfide) groups is 1. The van der Waals surface area contributed by atoms with Crippen molar-refractivity contribution in [1.29, 1.82) is 0 Å². The number of benzene rings is 2. The molecule has 7 heteroatoms. The Kier molecular flexibility index (Phi) is 5.62. The van der Waals surface area contributed by atoms with Gasteiger partial charge in [0.15, 0.2) is 0 Å². The summed E-state index contributed by atoms with van der Waals surface area (Å²) in [7, 11) is 0. The molecule has 28 heavy (non-hydrogen) atoms. The van der Waals surface area contributed by atoms with Crippen molar-refractivity contribution in [3.8, 4) is 11.1 Å². The van der Waals surface area contributed by atoms with Gasteiger partial charge in [-0.1, -0.05) is 53.2 Å². The van der Waals surface area contributed by atoms with Crippen LogP contribution in [0.3, 0.4) is 0 Å². The number of aromatic nitrogens is 2. The molecule has 1 amide bonds. The van der Waals surface area contributed by atoms with Crippen LogP contribution in [0.5, 0.6) is 0 Å². The molecule has 4 nitrogen and oxygen atoms in total. The molecule has 0 aliphatic rings. The molecule has 2 aromatic carbocycles. The lowest BCUT2D eigenvalue weighted by Gasteiger charge is -2.07. The van der Waals surface area contributed by atoms with Crippen LogP contribution < -0.4 is 5.32 Å². The maximum absolute atomic E-state index is 12.3. The summed E-state index contributed by atoms with van der Waals surface area (Å²) in [6, 6.07) is 15.4. The highest BCUT2D eigenvalue weighted by atomic mass is 35.5. The van der Waals surface area contributed by atoms with Gasteiger partial charge in [0.1, 0.15) is 16.2 Å². The van der Waals surface area contributed by atoms with Gasteiger partial charge in [0.25, 0.3) is 0 Å². The number of thiophene rings is 1. The fraction of sp³-hybridized carbons (Fsp3) is 0.0952. The maximum Gasteiger partial charge on any atom is 0.234 e. The molecule has 140 valence electrons. The molecule has 2 aromatic heterocycles. The summed E-state index contributed by atoms with van der Waals surface area (Å²) in [5.74, 6) is 0.170. The molecule has 1 N–H and O–H groups in total. The lowest BCUT2D eigenvalue weighted by atomic mass is 10.1. The van der Waals surface area contributed by atoms with Crippen molar-refractivity contribution < 1.29 is 4.79 Å². The zero-order chi connectivity index (χ0) is 19.5. The molecule has 0 aliphatic carbocycles. The maximum atomic E-state index is 12.3. The van der Waals surface area contributed by atoms with Crippen LogP contribution in [0.2, 0.25) is 5.02 Å². The van der Waals surface area contributed by atoms with Gasteiger partial charge in [-0.15, -0.1) is 11.3 Å². The number of carbonyl (C=O) groups is 1. The van der Waals surface area contributed by atoms with Crippen molar-refractivity contribution in [2.75, 3.05) is 11.1 Å². The van der Waals surface area contributed by atoms with Crippen LogP contribution in [0, 0.1) is 6.92 Å². The molecular weight excluding hydrogens is 410 g/mol. The number of hydrogen-bond donors (Lipinski definition) is 1. The quantitative estimate of drug-likeness (QED) is 0.312. The van der Waals surface area contributed by atoms with E-state index in [9.17, 15) is 4.79 Å². The van der Waals surface area contributed by atoms with E-state index in [-0.39, 0.29) is 11.7 Å². The Balaban J connectivity index is 1.55. The van der Waals surface area contributed by atoms with E-state index in [1.54, 1.807) is 41.9 Å². The summed E-state index contributed by atoms with van der Waals surface area (Å²) in [6.45, 7) is 2.07. The van der Waals surface area contributed by atoms with Gasteiger partial charge < -0.3 is 5.32 Å². The third-order valence-electron chi connectivity index (χ3n) is 4.17.